The van der Waals surface area contributed by atoms with Crippen molar-refractivity contribution in [2.45, 2.75) is 14.7 Å². The minimum atomic E-state index is -3.75. The van der Waals surface area contributed by atoms with Crippen LogP contribution in [0.5, 0.6) is 5.75 Å². The summed E-state index contributed by atoms with van der Waals surface area (Å²) in [4.78, 5) is 24.4. The quantitative estimate of drug-likeness (QED) is 0.361. The molecular formula is C21H17ClN2O6S2. The van der Waals surface area contributed by atoms with E-state index in [-0.39, 0.29) is 10.5 Å². The molecule has 0 heterocycles. The molecule has 1 amide bonds. The zero-order valence-corrected chi connectivity index (χ0v) is 19.3. The van der Waals surface area contributed by atoms with E-state index in [9.17, 15) is 23.3 Å². The van der Waals surface area contributed by atoms with Gasteiger partial charge in [0.05, 0.1) is 22.0 Å². The lowest BCUT2D eigenvalue weighted by Gasteiger charge is -2.10. The number of non-ortho nitro benzene ring substituents is 1. The van der Waals surface area contributed by atoms with Crippen molar-refractivity contribution in [2.75, 3.05) is 18.7 Å². The van der Waals surface area contributed by atoms with E-state index in [0.717, 1.165) is 40.0 Å². The smallest absolute Gasteiger partial charge is 0.271 e. The summed E-state index contributed by atoms with van der Waals surface area (Å²) in [6.07, 6.45) is 0.909. The Labute approximate surface area is 193 Å². The average molecular weight is 493 g/mol. The number of rotatable bonds is 7. The summed E-state index contributed by atoms with van der Waals surface area (Å²) < 4.78 is 28.8. The maximum Gasteiger partial charge on any atom is 0.271 e. The molecule has 3 aromatic rings. The molecule has 0 aliphatic carbocycles. The van der Waals surface area contributed by atoms with Crippen LogP contribution < -0.4 is 10.1 Å². The summed E-state index contributed by atoms with van der Waals surface area (Å²) in [6.45, 7) is 0. The fourth-order valence-corrected chi connectivity index (χ4v) is 4.46. The number of nitro benzene ring substituents is 1. The van der Waals surface area contributed by atoms with E-state index in [0.29, 0.717) is 10.7 Å². The lowest BCUT2D eigenvalue weighted by atomic mass is 10.2. The SMILES string of the molecule is COc1ccc(Sc2ccc(NC(=O)c3cc([N+](=O)[O-])cc(S(C)(=O)=O)c3)cc2Cl)cc1. The van der Waals surface area contributed by atoms with E-state index in [1.54, 1.807) is 25.3 Å². The number of ether oxygens (including phenoxy) is 1. The standard InChI is InChI=1S/C21H17ClN2O6S2/c1-30-16-4-6-17(7-5-16)31-20-8-3-14(11-19(20)22)23-21(25)13-9-15(24(26)27)12-18(10-13)32(2,28)29/h3-12H,1-2H3,(H,23,25). The Bertz CT molecular complexity index is 1290. The molecule has 0 radical (unpaired) electrons. The first kappa shape index (κ1) is 23.6. The summed E-state index contributed by atoms with van der Waals surface area (Å²) in [6, 6.07) is 15.3. The predicted octanol–water partition coefficient (Wildman–Crippen LogP) is 5.06. The van der Waals surface area contributed by atoms with Crippen LogP contribution in [0.4, 0.5) is 11.4 Å². The highest BCUT2D eigenvalue weighted by molar-refractivity contribution is 7.99. The highest BCUT2D eigenvalue weighted by Gasteiger charge is 2.19. The number of amides is 1. The van der Waals surface area contributed by atoms with Crippen LogP contribution >= 0.6 is 23.4 Å². The van der Waals surface area contributed by atoms with Crippen molar-refractivity contribution in [1.82, 2.24) is 0 Å². The number of carbonyl (C=O) groups excluding carboxylic acids is 1. The van der Waals surface area contributed by atoms with Crippen LogP contribution in [0.25, 0.3) is 0 Å². The highest BCUT2D eigenvalue weighted by Crippen LogP contribution is 2.35. The largest absolute Gasteiger partial charge is 0.497 e. The van der Waals surface area contributed by atoms with Gasteiger partial charge >= 0.3 is 0 Å². The van der Waals surface area contributed by atoms with Crippen molar-refractivity contribution in [3.63, 3.8) is 0 Å². The molecule has 166 valence electrons. The van der Waals surface area contributed by atoms with Crippen LogP contribution in [0.1, 0.15) is 10.4 Å². The number of halogens is 1. The van der Waals surface area contributed by atoms with Gasteiger partial charge in [0, 0.05) is 39.4 Å². The second-order valence-electron chi connectivity index (χ2n) is 6.62. The molecule has 0 aromatic heterocycles. The second kappa shape index (κ2) is 9.60. The number of carbonyl (C=O) groups is 1. The molecule has 11 heteroatoms. The summed E-state index contributed by atoms with van der Waals surface area (Å²) in [5.41, 5.74) is -0.304. The lowest BCUT2D eigenvalue weighted by molar-refractivity contribution is -0.385. The first-order chi connectivity index (χ1) is 15.1. The topological polar surface area (TPSA) is 116 Å². The molecule has 0 aliphatic rings. The van der Waals surface area contributed by atoms with E-state index < -0.39 is 26.4 Å². The zero-order chi connectivity index (χ0) is 23.5. The molecule has 0 fully saturated rings. The van der Waals surface area contributed by atoms with E-state index >= 15 is 0 Å². The van der Waals surface area contributed by atoms with E-state index in [2.05, 4.69) is 5.32 Å². The van der Waals surface area contributed by atoms with Crippen LogP contribution in [0.2, 0.25) is 5.02 Å². The molecule has 0 saturated carbocycles. The van der Waals surface area contributed by atoms with E-state index in [4.69, 9.17) is 16.3 Å². The average Bonchev–Trinajstić information content (AvgIpc) is 2.75. The van der Waals surface area contributed by atoms with Crippen molar-refractivity contribution in [3.8, 4) is 5.75 Å². The molecule has 0 unspecified atom stereocenters. The van der Waals surface area contributed by atoms with Gasteiger partial charge in [0.1, 0.15) is 5.75 Å². The van der Waals surface area contributed by atoms with Crippen molar-refractivity contribution < 1.29 is 22.9 Å². The van der Waals surface area contributed by atoms with Gasteiger partial charge in [-0.3, -0.25) is 14.9 Å². The van der Waals surface area contributed by atoms with Gasteiger partial charge in [-0.15, -0.1) is 0 Å². The molecule has 32 heavy (non-hydrogen) atoms. The molecular weight excluding hydrogens is 476 g/mol. The normalized spacial score (nSPS) is 11.1. The Balaban J connectivity index is 1.81. The number of anilines is 1. The van der Waals surface area contributed by atoms with Gasteiger partial charge in [-0.2, -0.15) is 0 Å². The van der Waals surface area contributed by atoms with Gasteiger partial charge in [0.25, 0.3) is 11.6 Å². The number of nitro groups is 1. The maximum absolute atomic E-state index is 12.6. The van der Waals surface area contributed by atoms with Gasteiger partial charge < -0.3 is 10.1 Å². The second-order valence-corrected chi connectivity index (χ2v) is 10.2. The lowest BCUT2D eigenvalue weighted by Crippen LogP contribution is -2.13. The Morgan fingerprint density at radius 1 is 1.09 bits per heavy atom. The Hall–Kier alpha value is -3.08. The minimum absolute atomic E-state index is 0.160. The van der Waals surface area contributed by atoms with Crippen molar-refractivity contribution in [2.24, 2.45) is 0 Å². The minimum Gasteiger partial charge on any atom is -0.497 e. The van der Waals surface area contributed by atoms with Crippen molar-refractivity contribution in [3.05, 3.63) is 81.4 Å². The molecule has 1 N–H and O–H groups in total. The predicted molar refractivity (Wildman–Crippen MR) is 123 cm³/mol. The number of methoxy groups -OCH3 is 1. The number of nitrogens with one attached hydrogen (secondary N) is 1. The molecule has 0 atom stereocenters. The molecule has 0 saturated heterocycles. The van der Waals surface area contributed by atoms with Crippen LogP contribution in [-0.2, 0) is 9.84 Å². The number of benzene rings is 3. The molecule has 0 aliphatic heterocycles. The van der Waals surface area contributed by atoms with Gasteiger partial charge in [-0.25, -0.2) is 8.42 Å². The van der Waals surface area contributed by atoms with E-state index in [1.807, 2.05) is 24.3 Å². The molecule has 0 bridgehead atoms. The van der Waals surface area contributed by atoms with Crippen molar-refractivity contribution in [1.29, 1.82) is 0 Å². The van der Waals surface area contributed by atoms with Crippen LogP contribution in [0.15, 0.2) is 75.4 Å². The van der Waals surface area contributed by atoms with Crippen LogP contribution in [-0.4, -0.2) is 32.6 Å². The van der Waals surface area contributed by atoms with Crippen molar-refractivity contribution >= 4 is 50.5 Å². The Morgan fingerprint density at radius 3 is 2.34 bits per heavy atom. The maximum atomic E-state index is 12.6. The first-order valence-electron chi connectivity index (χ1n) is 8.99. The molecule has 3 aromatic carbocycles. The Morgan fingerprint density at radius 2 is 1.78 bits per heavy atom. The Kier molecular flexibility index (Phi) is 7.07. The first-order valence-corrected chi connectivity index (χ1v) is 12.1. The van der Waals surface area contributed by atoms with Gasteiger partial charge in [0.2, 0.25) is 0 Å². The number of nitrogens with zero attached hydrogens (tertiary/aromatic N) is 1. The third kappa shape index (κ3) is 5.78. The molecule has 0 spiro atoms. The fraction of sp³-hybridized carbons (Fsp3) is 0.0952. The zero-order valence-electron chi connectivity index (χ0n) is 16.9. The summed E-state index contributed by atoms with van der Waals surface area (Å²) >= 11 is 7.78. The highest BCUT2D eigenvalue weighted by atomic mass is 35.5. The van der Waals surface area contributed by atoms with Gasteiger partial charge in [0.15, 0.2) is 9.84 Å². The molecule has 8 nitrogen and oxygen atoms in total. The van der Waals surface area contributed by atoms with Crippen LogP contribution in [0.3, 0.4) is 0 Å². The van der Waals surface area contributed by atoms with Crippen LogP contribution in [0, 0.1) is 10.1 Å². The number of sulfone groups is 1. The summed E-state index contributed by atoms with van der Waals surface area (Å²) in [5.74, 6) is 0.0314. The summed E-state index contributed by atoms with van der Waals surface area (Å²) in [5, 5.41) is 14.1. The third-order valence-corrected chi connectivity index (χ3v) is 6.87. The number of hydrogen-bond donors (Lipinski definition) is 1. The van der Waals surface area contributed by atoms with Gasteiger partial charge in [-0.1, -0.05) is 23.4 Å². The summed E-state index contributed by atoms with van der Waals surface area (Å²) in [7, 11) is -2.17. The van der Waals surface area contributed by atoms with E-state index in [1.165, 1.54) is 11.8 Å². The van der Waals surface area contributed by atoms with Gasteiger partial charge in [-0.05, 0) is 48.5 Å². The number of hydrogen-bond acceptors (Lipinski definition) is 7. The molecule has 3 rings (SSSR count). The fourth-order valence-electron chi connectivity index (χ4n) is 2.67. The third-order valence-electron chi connectivity index (χ3n) is 4.27. The monoisotopic (exact) mass is 492 g/mol.